The summed E-state index contributed by atoms with van der Waals surface area (Å²) < 4.78 is 3.72. The molecular formula is C27H29N2S2+. The van der Waals surface area contributed by atoms with E-state index in [-0.39, 0.29) is 0 Å². The third-order valence-electron chi connectivity index (χ3n) is 5.64. The fourth-order valence-corrected chi connectivity index (χ4v) is 6.43. The number of fused-ring (bicyclic) bond motifs is 2. The molecule has 4 rings (SSSR count). The highest BCUT2D eigenvalue weighted by Gasteiger charge is 2.24. The third kappa shape index (κ3) is 4.15. The van der Waals surface area contributed by atoms with Crippen molar-refractivity contribution in [3.63, 3.8) is 0 Å². The third-order valence-corrected chi connectivity index (χ3v) is 7.83. The first-order valence-electron chi connectivity index (χ1n) is 10.8. The smallest absolute Gasteiger partial charge is 0.263 e. The van der Waals surface area contributed by atoms with Crippen molar-refractivity contribution in [1.82, 2.24) is 0 Å². The lowest BCUT2D eigenvalue weighted by molar-refractivity contribution is -0.665. The Labute approximate surface area is 193 Å². The van der Waals surface area contributed by atoms with Crippen LogP contribution in [0.3, 0.4) is 0 Å². The number of thiazole rings is 1. The summed E-state index contributed by atoms with van der Waals surface area (Å²) in [6.45, 7) is 16.4. The maximum atomic E-state index is 3.91. The lowest BCUT2D eigenvalue weighted by Gasteiger charge is -2.18. The molecule has 0 saturated carbocycles. The van der Waals surface area contributed by atoms with Gasteiger partial charge < -0.3 is 4.90 Å². The predicted molar refractivity (Wildman–Crippen MR) is 140 cm³/mol. The van der Waals surface area contributed by atoms with Crippen LogP contribution in [0, 0.1) is 0 Å². The summed E-state index contributed by atoms with van der Waals surface area (Å²) in [6.07, 6.45) is 9.55. The summed E-state index contributed by atoms with van der Waals surface area (Å²) in [5.41, 5.74) is 6.27. The molecule has 158 valence electrons. The van der Waals surface area contributed by atoms with E-state index in [4.69, 9.17) is 0 Å². The number of aromatic nitrogens is 1. The van der Waals surface area contributed by atoms with Gasteiger partial charge in [0.1, 0.15) is 11.2 Å². The number of hydrogen-bond acceptors (Lipinski definition) is 3. The van der Waals surface area contributed by atoms with Crippen LogP contribution >= 0.6 is 23.1 Å². The molecule has 4 heteroatoms. The van der Waals surface area contributed by atoms with Crippen LogP contribution in [-0.2, 0) is 6.54 Å². The molecule has 0 fully saturated rings. The van der Waals surface area contributed by atoms with Crippen LogP contribution in [0.25, 0.3) is 28.4 Å². The fraction of sp³-hybridized carbons (Fsp3) is 0.222. The van der Waals surface area contributed by atoms with E-state index in [1.807, 2.05) is 35.3 Å². The van der Waals surface area contributed by atoms with E-state index in [1.54, 1.807) is 0 Å². The zero-order chi connectivity index (χ0) is 22.0. The number of nitrogens with zero attached hydrogens (tertiary/aromatic N) is 2. The molecule has 0 unspecified atom stereocenters. The summed E-state index contributed by atoms with van der Waals surface area (Å²) in [6, 6.07) is 13.2. The molecule has 2 heterocycles. The van der Waals surface area contributed by atoms with Crippen molar-refractivity contribution >= 4 is 57.2 Å². The monoisotopic (exact) mass is 445 g/mol. The molecule has 0 radical (unpaired) electrons. The van der Waals surface area contributed by atoms with Gasteiger partial charge in [-0.3, -0.25) is 0 Å². The van der Waals surface area contributed by atoms with Crippen LogP contribution in [-0.4, -0.2) is 6.54 Å². The molecule has 1 aliphatic heterocycles. The molecule has 31 heavy (non-hydrogen) atoms. The van der Waals surface area contributed by atoms with Crippen molar-refractivity contribution in [3.8, 4) is 0 Å². The first kappa shape index (κ1) is 21.7. The summed E-state index contributed by atoms with van der Waals surface area (Å²) in [5.74, 6) is 0. The van der Waals surface area contributed by atoms with Gasteiger partial charge in [0.2, 0.25) is 5.52 Å². The van der Waals surface area contributed by atoms with Crippen molar-refractivity contribution in [3.05, 3.63) is 82.4 Å². The molecule has 2 aromatic carbocycles. The normalized spacial score (nSPS) is 15.0. The van der Waals surface area contributed by atoms with E-state index >= 15 is 0 Å². The van der Waals surface area contributed by atoms with Crippen LogP contribution in [0.15, 0.2) is 71.1 Å². The number of hydrogen-bond donors (Lipinski definition) is 0. The SMILES string of the molecule is C=Cc1ccc2c(c1)S/C(=C\C(=C/c1sc3cc(C=C)ccc3[n+]1CC)CC)N2CC. The average Bonchev–Trinajstić information content (AvgIpc) is 3.33. The fourth-order valence-electron chi connectivity index (χ4n) is 3.93. The maximum Gasteiger partial charge on any atom is 0.263 e. The Hall–Kier alpha value is -2.56. The molecule has 0 spiro atoms. The molecule has 0 atom stereocenters. The van der Waals surface area contributed by atoms with Crippen LogP contribution in [0.2, 0.25) is 0 Å². The molecule has 0 saturated heterocycles. The topological polar surface area (TPSA) is 7.12 Å². The molecule has 2 nitrogen and oxygen atoms in total. The summed E-state index contributed by atoms with van der Waals surface area (Å²) in [7, 11) is 0. The minimum atomic E-state index is 0.957. The summed E-state index contributed by atoms with van der Waals surface area (Å²) in [5, 5.41) is 2.59. The summed E-state index contributed by atoms with van der Waals surface area (Å²) in [4.78, 5) is 3.72. The Kier molecular flexibility index (Phi) is 6.49. The zero-order valence-corrected chi connectivity index (χ0v) is 20.2. The van der Waals surface area contributed by atoms with E-state index in [1.165, 1.54) is 47.5 Å². The van der Waals surface area contributed by atoms with Gasteiger partial charge in [0.05, 0.1) is 10.7 Å². The molecule has 3 aromatic rings. The summed E-state index contributed by atoms with van der Waals surface area (Å²) >= 11 is 3.71. The minimum Gasteiger partial charge on any atom is -0.335 e. The van der Waals surface area contributed by atoms with Gasteiger partial charge in [-0.15, -0.1) is 0 Å². The Balaban J connectivity index is 1.74. The Bertz CT molecular complexity index is 1210. The van der Waals surface area contributed by atoms with Gasteiger partial charge >= 0.3 is 0 Å². The number of anilines is 1. The number of thioether (sulfide) groups is 1. The average molecular weight is 446 g/mol. The first-order valence-corrected chi connectivity index (χ1v) is 12.5. The van der Waals surface area contributed by atoms with Crippen LogP contribution in [0.5, 0.6) is 0 Å². The number of allylic oxidation sites excluding steroid dienone is 2. The van der Waals surface area contributed by atoms with E-state index in [2.05, 4.69) is 91.9 Å². The van der Waals surface area contributed by atoms with Gasteiger partial charge in [-0.25, -0.2) is 0 Å². The molecule has 0 aliphatic carbocycles. The second-order valence-electron chi connectivity index (χ2n) is 7.45. The standard InChI is InChI=1S/C27H29N2S2/c1-6-19-11-13-22-24(15-19)30-26(28(22)9-4)17-21(8-3)18-27-29(10-5)23-14-12-20(7-2)16-25(23)31-27/h6-7,11-18H,1-2,8-10H2,3-5H3/q+1. The predicted octanol–water partition coefficient (Wildman–Crippen LogP) is 7.76. The zero-order valence-electron chi connectivity index (χ0n) is 18.5. The highest BCUT2D eigenvalue weighted by molar-refractivity contribution is 8.03. The van der Waals surface area contributed by atoms with Gasteiger partial charge in [-0.2, -0.15) is 4.57 Å². The second kappa shape index (κ2) is 9.29. The molecule has 1 aromatic heterocycles. The Morgan fingerprint density at radius 3 is 2.45 bits per heavy atom. The van der Waals surface area contributed by atoms with Gasteiger partial charge in [0.25, 0.3) is 5.01 Å². The lowest BCUT2D eigenvalue weighted by atomic mass is 10.1. The Morgan fingerprint density at radius 2 is 1.77 bits per heavy atom. The van der Waals surface area contributed by atoms with Gasteiger partial charge in [-0.05, 0) is 67.3 Å². The number of aryl methyl sites for hydroxylation is 1. The van der Waals surface area contributed by atoms with Gasteiger partial charge in [0, 0.05) is 23.6 Å². The van der Waals surface area contributed by atoms with Crippen LogP contribution in [0.4, 0.5) is 5.69 Å². The lowest BCUT2D eigenvalue weighted by Crippen LogP contribution is -2.33. The van der Waals surface area contributed by atoms with Crippen LogP contribution < -0.4 is 9.47 Å². The van der Waals surface area contributed by atoms with Crippen LogP contribution in [0.1, 0.15) is 43.3 Å². The largest absolute Gasteiger partial charge is 0.335 e. The van der Waals surface area contributed by atoms with Gasteiger partial charge in [-0.1, -0.05) is 61.4 Å². The van der Waals surface area contributed by atoms with Crippen molar-refractivity contribution in [2.75, 3.05) is 11.4 Å². The van der Waals surface area contributed by atoms with E-state index in [0.29, 0.717) is 0 Å². The number of rotatable bonds is 7. The Morgan fingerprint density at radius 1 is 1.03 bits per heavy atom. The van der Waals surface area contributed by atoms with Crippen molar-refractivity contribution in [2.45, 2.75) is 38.6 Å². The van der Waals surface area contributed by atoms with Gasteiger partial charge in [0.15, 0.2) is 0 Å². The number of benzene rings is 2. The van der Waals surface area contributed by atoms with E-state index in [0.717, 1.165) is 19.5 Å². The molecule has 1 aliphatic rings. The molecular weight excluding hydrogens is 416 g/mol. The highest BCUT2D eigenvalue weighted by Crippen LogP contribution is 2.46. The molecule has 0 N–H and O–H groups in total. The van der Waals surface area contributed by atoms with Crippen molar-refractivity contribution in [2.24, 2.45) is 0 Å². The molecule has 0 bridgehead atoms. The van der Waals surface area contributed by atoms with E-state index in [9.17, 15) is 0 Å². The second-order valence-corrected chi connectivity index (χ2v) is 9.57. The maximum absolute atomic E-state index is 3.91. The first-order chi connectivity index (χ1) is 15.1. The highest BCUT2D eigenvalue weighted by atomic mass is 32.2. The van der Waals surface area contributed by atoms with Crippen molar-refractivity contribution < 1.29 is 4.57 Å². The minimum absolute atomic E-state index is 0.957. The van der Waals surface area contributed by atoms with E-state index < -0.39 is 0 Å². The van der Waals surface area contributed by atoms with Crippen molar-refractivity contribution in [1.29, 1.82) is 0 Å². The molecule has 0 amide bonds. The quantitative estimate of drug-likeness (QED) is 0.343.